The molecule has 2 unspecified atom stereocenters. The van der Waals surface area contributed by atoms with Crippen LogP contribution in [0.15, 0.2) is 53.7 Å². The van der Waals surface area contributed by atoms with E-state index in [0.29, 0.717) is 23.4 Å². The number of thioether (sulfide) groups is 1. The summed E-state index contributed by atoms with van der Waals surface area (Å²) >= 11 is 1.34. The van der Waals surface area contributed by atoms with E-state index in [0.717, 1.165) is 11.3 Å². The molecule has 0 fully saturated rings. The maximum absolute atomic E-state index is 14.0. The molecular formula is C24H29FN4O2S. The maximum atomic E-state index is 14.0. The molecule has 170 valence electrons. The van der Waals surface area contributed by atoms with Gasteiger partial charge in [0.05, 0.1) is 5.25 Å². The molecule has 1 amide bonds. The number of carbonyl (C=O) groups excluding carboxylic acids is 1. The number of halogens is 1. The number of anilines is 1. The molecule has 32 heavy (non-hydrogen) atoms. The van der Waals surface area contributed by atoms with Crippen LogP contribution in [0.1, 0.15) is 45.2 Å². The van der Waals surface area contributed by atoms with Crippen LogP contribution in [-0.4, -0.2) is 25.9 Å². The first-order chi connectivity index (χ1) is 15.2. The first-order valence-corrected chi connectivity index (χ1v) is 11.5. The van der Waals surface area contributed by atoms with E-state index in [1.807, 2.05) is 49.6 Å². The summed E-state index contributed by atoms with van der Waals surface area (Å²) in [5.41, 5.74) is 1.84. The Morgan fingerprint density at radius 1 is 1.12 bits per heavy atom. The third-order valence-electron chi connectivity index (χ3n) is 4.73. The zero-order chi connectivity index (χ0) is 23.3. The molecule has 0 saturated heterocycles. The van der Waals surface area contributed by atoms with Gasteiger partial charge in [-0.2, -0.15) is 0 Å². The number of carbonyl (C=O) groups is 1. The van der Waals surface area contributed by atoms with Gasteiger partial charge in [0.25, 0.3) is 0 Å². The molecule has 0 saturated carbocycles. The van der Waals surface area contributed by atoms with Crippen LogP contribution in [0.5, 0.6) is 5.75 Å². The Morgan fingerprint density at radius 2 is 1.88 bits per heavy atom. The van der Waals surface area contributed by atoms with E-state index in [4.69, 9.17) is 4.74 Å². The monoisotopic (exact) mass is 456 g/mol. The predicted molar refractivity (Wildman–Crippen MR) is 125 cm³/mol. The SMILES string of the molecule is Cc1cccc(NC(=O)C(C)Sc2nnc(C(C)Oc3ccccc3F)n2CC(C)C)c1. The van der Waals surface area contributed by atoms with Crippen molar-refractivity contribution in [3.8, 4) is 5.75 Å². The second-order valence-corrected chi connectivity index (χ2v) is 9.46. The van der Waals surface area contributed by atoms with Crippen molar-refractivity contribution in [2.24, 2.45) is 5.92 Å². The smallest absolute Gasteiger partial charge is 0.237 e. The number of aromatic nitrogens is 3. The molecule has 1 N–H and O–H groups in total. The molecule has 3 aromatic rings. The van der Waals surface area contributed by atoms with Crippen LogP contribution in [0.4, 0.5) is 10.1 Å². The minimum Gasteiger partial charge on any atom is -0.480 e. The standard InChI is InChI=1S/C24H29FN4O2S/c1-15(2)14-29-22(17(4)31-21-12-7-6-11-20(21)25)27-28-24(29)32-18(5)23(30)26-19-10-8-9-16(3)13-19/h6-13,15,17-18H,14H2,1-5H3,(H,26,30). The lowest BCUT2D eigenvalue weighted by atomic mass is 10.2. The van der Waals surface area contributed by atoms with Gasteiger partial charge in [-0.1, -0.05) is 49.9 Å². The van der Waals surface area contributed by atoms with Gasteiger partial charge in [-0.05, 0) is 56.5 Å². The van der Waals surface area contributed by atoms with E-state index in [1.165, 1.54) is 17.8 Å². The number of rotatable bonds is 9. The van der Waals surface area contributed by atoms with Gasteiger partial charge in [-0.3, -0.25) is 4.79 Å². The zero-order valence-corrected chi connectivity index (χ0v) is 19.8. The first kappa shape index (κ1) is 23.8. The highest BCUT2D eigenvalue weighted by atomic mass is 32.2. The molecule has 0 bridgehead atoms. The van der Waals surface area contributed by atoms with Gasteiger partial charge in [0.1, 0.15) is 0 Å². The van der Waals surface area contributed by atoms with Crippen LogP contribution in [0.2, 0.25) is 0 Å². The van der Waals surface area contributed by atoms with Crippen molar-refractivity contribution in [2.45, 2.75) is 57.7 Å². The Bertz CT molecular complexity index is 1070. The molecule has 0 radical (unpaired) electrons. The first-order valence-electron chi connectivity index (χ1n) is 10.6. The van der Waals surface area contributed by atoms with Crippen LogP contribution in [0.25, 0.3) is 0 Å². The Balaban J connectivity index is 1.76. The molecule has 0 aliphatic rings. The van der Waals surface area contributed by atoms with Crippen molar-refractivity contribution in [1.82, 2.24) is 14.8 Å². The van der Waals surface area contributed by atoms with Crippen molar-refractivity contribution in [2.75, 3.05) is 5.32 Å². The second kappa shape index (κ2) is 10.6. The van der Waals surface area contributed by atoms with Crippen molar-refractivity contribution in [3.05, 3.63) is 65.7 Å². The van der Waals surface area contributed by atoms with E-state index >= 15 is 0 Å². The molecule has 0 spiro atoms. The van der Waals surface area contributed by atoms with Crippen LogP contribution in [-0.2, 0) is 11.3 Å². The summed E-state index contributed by atoms with van der Waals surface area (Å²) < 4.78 is 21.8. The summed E-state index contributed by atoms with van der Waals surface area (Å²) in [6.07, 6.45) is -0.510. The van der Waals surface area contributed by atoms with Crippen LogP contribution >= 0.6 is 11.8 Å². The van der Waals surface area contributed by atoms with Gasteiger partial charge >= 0.3 is 0 Å². The number of nitrogens with zero attached hydrogens (tertiary/aromatic N) is 3. The van der Waals surface area contributed by atoms with Crippen molar-refractivity contribution in [3.63, 3.8) is 0 Å². The van der Waals surface area contributed by atoms with Crippen molar-refractivity contribution in [1.29, 1.82) is 0 Å². The number of amides is 1. The number of ether oxygens (including phenoxy) is 1. The van der Waals surface area contributed by atoms with Gasteiger partial charge in [0.2, 0.25) is 5.91 Å². The summed E-state index contributed by atoms with van der Waals surface area (Å²) in [4.78, 5) is 12.7. The Hall–Kier alpha value is -2.87. The molecule has 3 rings (SSSR count). The summed E-state index contributed by atoms with van der Waals surface area (Å²) in [5, 5.41) is 11.8. The summed E-state index contributed by atoms with van der Waals surface area (Å²) in [6.45, 7) is 10.5. The molecule has 1 aromatic heterocycles. The zero-order valence-electron chi connectivity index (χ0n) is 19.0. The number of para-hydroxylation sites is 1. The Kier molecular flexibility index (Phi) is 7.90. The lowest BCUT2D eigenvalue weighted by Crippen LogP contribution is -2.23. The van der Waals surface area contributed by atoms with Crippen LogP contribution in [0, 0.1) is 18.7 Å². The average molecular weight is 457 g/mol. The fourth-order valence-corrected chi connectivity index (χ4v) is 4.05. The molecule has 1 heterocycles. The van der Waals surface area contributed by atoms with Gasteiger partial charge < -0.3 is 14.6 Å². The maximum Gasteiger partial charge on any atom is 0.237 e. The highest BCUT2D eigenvalue weighted by Gasteiger charge is 2.24. The second-order valence-electron chi connectivity index (χ2n) is 8.15. The van der Waals surface area contributed by atoms with Crippen molar-refractivity contribution >= 4 is 23.4 Å². The topological polar surface area (TPSA) is 69.0 Å². The Morgan fingerprint density at radius 3 is 2.56 bits per heavy atom. The van der Waals surface area contributed by atoms with Gasteiger partial charge in [-0.25, -0.2) is 4.39 Å². The molecule has 0 aliphatic carbocycles. The Labute approximate surface area is 192 Å². The number of hydrogen-bond acceptors (Lipinski definition) is 5. The van der Waals surface area contributed by atoms with Gasteiger partial charge in [0, 0.05) is 12.2 Å². The highest BCUT2D eigenvalue weighted by molar-refractivity contribution is 8.00. The van der Waals surface area contributed by atoms with E-state index in [-0.39, 0.29) is 16.9 Å². The summed E-state index contributed by atoms with van der Waals surface area (Å²) in [7, 11) is 0. The number of benzene rings is 2. The fourth-order valence-electron chi connectivity index (χ4n) is 3.19. The normalized spacial score (nSPS) is 13.1. The number of nitrogens with one attached hydrogen (secondary N) is 1. The van der Waals surface area contributed by atoms with E-state index in [1.54, 1.807) is 18.2 Å². The average Bonchev–Trinajstić information content (AvgIpc) is 3.11. The number of hydrogen-bond donors (Lipinski definition) is 1. The summed E-state index contributed by atoms with van der Waals surface area (Å²) in [6, 6.07) is 14.0. The third kappa shape index (κ3) is 6.09. The molecular weight excluding hydrogens is 427 g/mol. The molecule has 0 aliphatic heterocycles. The van der Waals surface area contributed by atoms with Gasteiger partial charge in [-0.15, -0.1) is 10.2 Å². The predicted octanol–water partition coefficient (Wildman–Crippen LogP) is 5.64. The molecule has 2 atom stereocenters. The quantitative estimate of drug-likeness (QED) is 0.422. The van der Waals surface area contributed by atoms with Crippen LogP contribution < -0.4 is 10.1 Å². The molecule has 8 heteroatoms. The van der Waals surface area contributed by atoms with E-state index < -0.39 is 11.9 Å². The van der Waals surface area contributed by atoms with E-state index in [9.17, 15) is 9.18 Å². The lowest BCUT2D eigenvalue weighted by Gasteiger charge is -2.19. The minimum absolute atomic E-state index is 0.114. The molecule has 2 aromatic carbocycles. The number of aryl methyl sites for hydroxylation is 1. The largest absolute Gasteiger partial charge is 0.480 e. The van der Waals surface area contributed by atoms with Crippen molar-refractivity contribution < 1.29 is 13.9 Å². The lowest BCUT2D eigenvalue weighted by molar-refractivity contribution is -0.115. The minimum atomic E-state index is -0.510. The fraction of sp³-hybridized carbons (Fsp3) is 0.375. The third-order valence-corrected chi connectivity index (χ3v) is 5.81. The highest BCUT2D eigenvalue weighted by Crippen LogP contribution is 2.29. The van der Waals surface area contributed by atoms with Crippen LogP contribution in [0.3, 0.4) is 0 Å². The van der Waals surface area contributed by atoms with E-state index in [2.05, 4.69) is 29.4 Å². The molecule has 6 nitrogen and oxygen atoms in total. The summed E-state index contributed by atoms with van der Waals surface area (Å²) in [5.74, 6) is 0.540. The van der Waals surface area contributed by atoms with Gasteiger partial charge in [0.15, 0.2) is 28.7 Å².